The van der Waals surface area contributed by atoms with Gasteiger partial charge in [0.05, 0.1) is 12.6 Å². The number of hydrogen-bond donors (Lipinski definition) is 1. The Hall–Kier alpha value is -0.570. The summed E-state index contributed by atoms with van der Waals surface area (Å²) in [5, 5.41) is 2.64. The van der Waals surface area contributed by atoms with Gasteiger partial charge >= 0.3 is 0 Å². The van der Waals surface area contributed by atoms with Gasteiger partial charge in [0.2, 0.25) is 6.41 Å². The van der Waals surface area contributed by atoms with Crippen LogP contribution in [0.5, 0.6) is 0 Å². The molecule has 0 unspecified atom stereocenters. The molecule has 3 heteroatoms. The predicted octanol–water partition coefficient (Wildman–Crippen LogP) is -0.479. The van der Waals surface area contributed by atoms with E-state index in [1.165, 1.54) is 0 Å². The predicted molar refractivity (Wildman–Crippen MR) is 28.4 cm³/mol. The molecule has 0 aromatic rings. The van der Waals surface area contributed by atoms with E-state index in [1.807, 2.05) is 0 Å². The van der Waals surface area contributed by atoms with Crippen molar-refractivity contribution < 1.29 is 9.53 Å². The highest BCUT2D eigenvalue weighted by molar-refractivity contribution is 5.46. The first-order valence-corrected chi connectivity index (χ1v) is 2.71. The SMILES string of the molecule is O=CN[C@@H]1CCOC1. The lowest BCUT2D eigenvalue weighted by Gasteiger charge is -2.01. The second-order valence-electron chi connectivity index (χ2n) is 1.85. The fraction of sp³-hybridized carbons (Fsp3) is 0.800. The summed E-state index contributed by atoms with van der Waals surface area (Å²) in [5.41, 5.74) is 0. The third-order valence-electron chi connectivity index (χ3n) is 1.23. The molecule has 1 rings (SSSR count). The number of rotatable bonds is 2. The summed E-state index contributed by atoms with van der Waals surface area (Å²) < 4.78 is 4.99. The topological polar surface area (TPSA) is 38.3 Å². The fourth-order valence-electron chi connectivity index (χ4n) is 0.762. The maximum absolute atomic E-state index is 9.79. The minimum Gasteiger partial charge on any atom is -0.379 e. The Morgan fingerprint density at radius 2 is 2.62 bits per heavy atom. The van der Waals surface area contributed by atoms with E-state index in [-0.39, 0.29) is 6.04 Å². The van der Waals surface area contributed by atoms with E-state index >= 15 is 0 Å². The lowest BCUT2D eigenvalue weighted by molar-refractivity contribution is -0.110. The third-order valence-corrected chi connectivity index (χ3v) is 1.23. The van der Waals surface area contributed by atoms with E-state index < -0.39 is 0 Å². The number of ether oxygens (including phenoxy) is 1. The molecule has 1 atom stereocenters. The second kappa shape index (κ2) is 2.67. The monoisotopic (exact) mass is 115 g/mol. The quantitative estimate of drug-likeness (QED) is 0.494. The summed E-state index contributed by atoms with van der Waals surface area (Å²) in [6.07, 6.45) is 1.68. The van der Waals surface area contributed by atoms with Crippen LogP contribution >= 0.6 is 0 Å². The molecule has 0 aromatic heterocycles. The highest BCUT2D eigenvalue weighted by atomic mass is 16.5. The minimum atomic E-state index is 0.271. The van der Waals surface area contributed by atoms with Crippen molar-refractivity contribution in [1.82, 2.24) is 5.32 Å². The number of nitrogens with one attached hydrogen (secondary N) is 1. The molecule has 0 aliphatic carbocycles. The zero-order chi connectivity index (χ0) is 5.82. The van der Waals surface area contributed by atoms with Crippen molar-refractivity contribution in [1.29, 1.82) is 0 Å². The summed E-state index contributed by atoms with van der Waals surface area (Å²) in [6.45, 7) is 1.46. The molecular weight excluding hydrogens is 106 g/mol. The van der Waals surface area contributed by atoms with Crippen LogP contribution in [0.1, 0.15) is 6.42 Å². The number of hydrogen-bond acceptors (Lipinski definition) is 2. The van der Waals surface area contributed by atoms with E-state index in [1.54, 1.807) is 0 Å². The molecule has 1 heterocycles. The smallest absolute Gasteiger partial charge is 0.207 e. The van der Waals surface area contributed by atoms with Crippen LogP contribution < -0.4 is 5.32 Å². The first kappa shape index (κ1) is 5.56. The van der Waals surface area contributed by atoms with Gasteiger partial charge in [0.1, 0.15) is 0 Å². The lowest BCUT2D eigenvalue weighted by atomic mass is 10.3. The Kier molecular flexibility index (Phi) is 1.86. The van der Waals surface area contributed by atoms with Crippen LogP contribution in [0.2, 0.25) is 0 Å². The Labute approximate surface area is 48.0 Å². The number of amides is 1. The van der Waals surface area contributed by atoms with Crippen molar-refractivity contribution in [3.05, 3.63) is 0 Å². The van der Waals surface area contributed by atoms with Gasteiger partial charge in [-0.05, 0) is 6.42 Å². The molecule has 1 amide bonds. The molecule has 3 nitrogen and oxygen atoms in total. The van der Waals surface area contributed by atoms with E-state index in [0.29, 0.717) is 6.61 Å². The van der Waals surface area contributed by atoms with Crippen molar-refractivity contribution in [3.8, 4) is 0 Å². The van der Waals surface area contributed by atoms with E-state index in [2.05, 4.69) is 5.32 Å². The Balaban J connectivity index is 2.14. The standard InChI is InChI=1S/C5H9NO2/c7-4-6-5-1-2-8-3-5/h4-5H,1-3H2,(H,6,7)/t5-/m1/s1. The lowest BCUT2D eigenvalue weighted by Crippen LogP contribution is -2.27. The van der Waals surface area contributed by atoms with Crippen LogP contribution in [-0.2, 0) is 9.53 Å². The summed E-state index contributed by atoms with van der Waals surface area (Å²) in [5.74, 6) is 0. The summed E-state index contributed by atoms with van der Waals surface area (Å²) in [7, 11) is 0. The van der Waals surface area contributed by atoms with Crippen molar-refractivity contribution in [2.24, 2.45) is 0 Å². The van der Waals surface area contributed by atoms with Gasteiger partial charge in [-0.1, -0.05) is 0 Å². The average Bonchev–Trinajstić information content (AvgIpc) is 2.19. The molecule has 1 fully saturated rings. The van der Waals surface area contributed by atoms with Gasteiger partial charge in [-0.2, -0.15) is 0 Å². The molecule has 46 valence electrons. The first-order valence-electron chi connectivity index (χ1n) is 2.71. The molecule has 1 saturated heterocycles. The van der Waals surface area contributed by atoms with Crippen LogP contribution in [0, 0.1) is 0 Å². The maximum Gasteiger partial charge on any atom is 0.207 e. The number of carbonyl (C=O) groups excluding carboxylic acids is 1. The minimum absolute atomic E-state index is 0.271. The van der Waals surface area contributed by atoms with Crippen LogP contribution in [-0.4, -0.2) is 25.7 Å². The number of carbonyl (C=O) groups is 1. The maximum atomic E-state index is 9.79. The summed E-state index contributed by atoms with van der Waals surface area (Å²) >= 11 is 0. The fourth-order valence-corrected chi connectivity index (χ4v) is 0.762. The molecule has 1 aliphatic heterocycles. The molecular formula is C5H9NO2. The van der Waals surface area contributed by atoms with Crippen molar-refractivity contribution in [2.45, 2.75) is 12.5 Å². The zero-order valence-corrected chi connectivity index (χ0v) is 4.59. The summed E-state index contributed by atoms with van der Waals surface area (Å²) in [4.78, 5) is 9.79. The highest BCUT2D eigenvalue weighted by Gasteiger charge is 2.12. The molecule has 0 aromatic carbocycles. The van der Waals surface area contributed by atoms with Gasteiger partial charge in [0.25, 0.3) is 0 Å². The van der Waals surface area contributed by atoms with Gasteiger partial charge in [-0.3, -0.25) is 4.79 Å². The Morgan fingerprint density at radius 3 is 3.12 bits per heavy atom. The molecule has 0 radical (unpaired) electrons. The molecule has 1 N–H and O–H groups in total. The van der Waals surface area contributed by atoms with Crippen LogP contribution in [0.4, 0.5) is 0 Å². The molecule has 0 bridgehead atoms. The van der Waals surface area contributed by atoms with Gasteiger partial charge in [0.15, 0.2) is 0 Å². The average molecular weight is 115 g/mol. The second-order valence-corrected chi connectivity index (χ2v) is 1.85. The van der Waals surface area contributed by atoms with Crippen molar-refractivity contribution >= 4 is 6.41 Å². The van der Waals surface area contributed by atoms with Gasteiger partial charge in [-0.15, -0.1) is 0 Å². The van der Waals surface area contributed by atoms with Gasteiger partial charge in [0, 0.05) is 6.61 Å². The van der Waals surface area contributed by atoms with Gasteiger partial charge < -0.3 is 10.1 Å². The van der Waals surface area contributed by atoms with Gasteiger partial charge in [-0.25, -0.2) is 0 Å². The highest BCUT2D eigenvalue weighted by Crippen LogP contribution is 2.01. The first-order chi connectivity index (χ1) is 3.93. The van der Waals surface area contributed by atoms with Crippen LogP contribution in [0.25, 0.3) is 0 Å². The summed E-state index contributed by atoms with van der Waals surface area (Å²) in [6, 6.07) is 0.271. The van der Waals surface area contributed by atoms with E-state index in [0.717, 1.165) is 19.4 Å². The normalized spacial score (nSPS) is 27.8. The Morgan fingerprint density at radius 1 is 1.75 bits per heavy atom. The van der Waals surface area contributed by atoms with Crippen LogP contribution in [0.3, 0.4) is 0 Å². The van der Waals surface area contributed by atoms with E-state index in [4.69, 9.17) is 4.74 Å². The third kappa shape index (κ3) is 1.20. The molecule has 0 saturated carbocycles. The molecule has 0 spiro atoms. The van der Waals surface area contributed by atoms with Crippen molar-refractivity contribution in [2.75, 3.05) is 13.2 Å². The Bertz CT molecular complexity index is 78.5. The van der Waals surface area contributed by atoms with E-state index in [9.17, 15) is 4.79 Å². The zero-order valence-electron chi connectivity index (χ0n) is 4.59. The molecule has 1 aliphatic rings. The van der Waals surface area contributed by atoms with Crippen molar-refractivity contribution in [3.63, 3.8) is 0 Å². The largest absolute Gasteiger partial charge is 0.379 e. The molecule has 8 heavy (non-hydrogen) atoms. The van der Waals surface area contributed by atoms with Crippen LogP contribution in [0.15, 0.2) is 0 Å².